The number of nitriles is 1. The van der Waals surface area contributed by atoms with Crippen molar-refractivity contribution < 1.29 is 4.79 Å². The van der Waals surface area contributed by atoms with Crippen molar-refractivity contribution in [3.8, 4) is 6.07 Å². The van der Waals surface area contributed by atoms with Gasteiger partial charge in [-0.25, -0.2) is 0 Å². The number of carbonyl (C=O) groups is 1. The van der Waals surface area contributed by atoms with Gasteiger partial charge in [0.1, 0.15) is 11.6 Å². The lowest BCUT2D eigenvalue weighted by molar-refractivity contribution is -0.112. The van der Waals surface area contributed by atoms with E-state index in [4.69, 9.17) is 28.5 Å². The van der Waals surface area contributed by atoms with Crippen molar-refractivity contribution in [2.75, 3.05) is 18.4 Å². The monoisotopic (exact) mass is 323 g/mol. The number of halogens is 2. The zero-order valence-electron chi connectivity index (χ0n) is 11.4. The summed E-state index contributed by atoms with van der Waals surface area (Å²) < 4.78 is 0. The minimum absolute atomic E-state index is 0.0629. The predicted molar refractivity (Wildman–Crippen MR) is 84.2 cm³/mol. The molecule has 21 heavy (non-hydrogen) atoms. The van der Waals surface area contributed by atoms with Crippen molar-refractivity contribution in [2.45, 2.75) is 19.3 Å². The van der Waals surface area contributed by atoms with Crippen LogP contribution in [0.3, 0.4) is 0 Å². The smallest absolute Gasteiger partial charge is 0.267 e. The Morgan fingerprint density at radius 2 is 2.00 bits per heavy atom. The van der Waals surface area contributed by atoms with Gasteiger partial charge >= 0.3 is 0 Å². The summed E-state index contributed by atoms with van der Waals surface area (Å²) in [7, 11) is 0. The van der Waals surface area contributed by atoms with Crippen LogP contribution in [0.1, 0.15) is 19.3 Å². The fraction of sp³-hybridized carbons (Fsp3) is 0.333. The van der Waals surface area contributed by atoms with E-state index in [0.717, 1.165) is 25.9 Å². The van der Waals surface area contributed by atoms with Gasteiger partial charge < -0.3 is 10.2 Å². The van der Waals surface area contributed by atoms with E-state index >= 15 is 0 Å². The van der Waals surface area contributed by atoms with Crippen LogP contribution in [0, 0.1) is 11.3 Å². The molecule has 0 saturated carbocycles. The number of nitrogens with one attached hydrogen (secondary N) is 1. The minimum Gasteiger partial charge on any atom is -0.376 e. The van der Waals surface area contributed by atoms with E-state index in [2.05, 4.69) is 5.32 Å². The van der Waals surface area contributed by atoms with E-state index in [1.807, 2.05) is 11.0 Å². The summed E-state index contributed by atoms with van der Waals surface area (Å²) in [6, 6.07) is 6.72. The van der Waals surface area contributed by atoms with Gasteiger partial charge in [-0.05, 0) is 37.5 Å². The van der Waals surface area contributed by atoms with Crippen molar-refractivity contribution in [3.05, 3.63) is 40.0 Å². The number of carbonyl (C=O) groups excluding carboxylic acids is 1. The van der Waals surface area contributed by atoms with E-state index in [1.165, 1.54) is 6.42 Å². The first kappa shape index (κ1) is 15.7. The molecule has 1 aromatic carbocycles. The van der Waals surface area contributed by atoms with E-state index < -0.39 is 5.91 Å². The molecule has 1 aliphatic heterocycles. The van der Waals surface area contributed by atoms with Gasteiger partial charge in [0.15, 0.2) is 0 Å². The molecule has 1 saturated heterocycles. The highest BCUT2D eigenvalue weighted by Gasteiger charge is 2.14. The van der Waals surface area contributed by atoms with Crippen LogP contribution < -0.4 is 5.32 Å². The molecule has 1 aromatic rings. The number of benzene rings is 1. The number of hydrogen-bond acceptors (Lipinski definition) is 3. The lowest BCUT2D eigenvalue weighted by atomic mass is 10.1. The van der Waals surface area contributed by atoms with Crippen molar-refractivity contribution in [2.24, 2.45) is 0 Å². The van der Waals surface area contributed by atoms with Crippen molar-refractivity contribution in [1.82, 2.24) is 4.90 Å². The second-order valence-electron chi connectivity index (χ2n) is 4.83. The Labute approximate surface area is 133 Å². The van der Waals surface area contributed by atoms with Gasteiger partial charge in [0.05, 0.1) is 10.7 Å². The van der Waals surface area contributed by atoms with Crippen LogP contribution in [0.2, 0.25) is 10.0 Å². The molecule has 1 N–H and O–H groups in total. The number of amides is 1. The molecule has 0 aromatic heterocycles. The second-order valence-corrected chi connectivity index (χ2v) is 5.67. The quantitative estimate of drug-likeness (QED) is 0.679. The summed E-state index contributed by atoms with van der Waals surface area (Å²) in [6.45, 7) is 1.74. The first-order valence-corrected chi connectivity index (χ1v) is 7.48. The summed E-state index contributed by atoms with van der Waals surface area (Å²) in [5.74, 6) is -0.479. The van der Waals surface area contributed by atoms with Crippen LogP contribution in [0.5, 0.6) is 0 Å². The molecule has 1 fully saturated rings. The molecular weight excluding hydrogens is 309 g/mol. The van der Waals surface area contributed by atoms with Crippen LogP contribution in [-0.4, -0.2) is 23.9 Å². The standard InChI is InChI=1S/C15H15Cl2N3O/c16-12-4-5-13(17)14(8-12)19-15(21)11(9-18)10-20-6-2-1-3-7-20/h4-5,8,10H,1-3,6-7H2,(H,19,21)/b11-10-. The third-order valence-corrected chi connectivity index (χ3v) is 3.81. The number of rotatable bonds is 3. The molecule has 0 radical (unpaired) electrons. The summed E-state index contributed by atoms with van der Waals surface area (Å²) in [4.78, 5) is 14.2. The Balaban J connectivity index is 2.11. The number of piperidine rings is 1. The predicted octanol–water partition coefficient (Wildman–Crippen LogP) is 3.83. The Morgan fingerprint density at radius 3 is 2.67 bits per heavy atom. The number of nitrogens with zero attached hydrogens (tertiary/aromatic N) is 2. The maximum absolute atomic E-state index is 12.2. The Hall–Kier alpha value is -1.70. The number of likely N-dealkylation sites (tertiary alicyclic amines) is 1. The van der Waals surface area contributed by atoms with Gasteiger partial charge in [0.2, 0.25) is 0 Å². The van der Waals surface area contributed by atoms with Crippen LogP contribution in [0.15, 0.2) is 30.0 Å². The zero-order valence-corrected chi connectivity index (χ0v) is 12.9. The maximum Gasteiger partial charge on any atom is 0.267 e. The number of hydrogen-bond donors (Lipinski definition) is 1. The molecule has 0 aliphatic carbocycles. The largest absolute Gasteiger partial charge is 0.376 e. The molecule has 0 spiro atoms. The molecule has 0 atom stereocenters. The van der Waals surface area contributed by atoms with E-state index in [9.17, 15) is 4.79 Å². The van der Waals surface area contributed by atoms with Crippen LogP contribution >= 0.6 is 23.2 Å². The first-order valence-electron chi connectivity index (χ1n) is 6.72. The fourth-order valence-electron chi connectivity index (χ4n) is 2.15. The highest BCUT2D eigenvalue weighted by Crippen LogP contribution is 2.25. The Kier molecular flexibility index (Phi) is 5.49. The average molecular weight is 324 g/mol. The third-order valence-electron chi connectivity index (χ3n) is 3.24. The summed E-state index contributed by atoms with van der Waals surface area (Å²) in [6.07, 6.45) is 4.97. The molecule has 1 amide bonds. The average Bonchev–Trinajstić information content (AvgIpc) is 2.49. The van der Waals surface area contributed by atoms with Crippen molar-refractivity contribution in [3.63, 3.8) is 0 Å². The first-order chi connectivity index (χ1) is 10.1. The highest BCUT2D eigenvalue weighted by atomic mass is 35.5. The fourth-order valence-corrected chi connectivity index (χ4v) is 2.49. The topological polar surface area (TPSA) is 56.1 Å². The zero-order chi connectivity index (χ0) is 15.2. The summed E-state index contributed by atoms with van der Waals surface area (Å²) in [5.41, 5.74) is 0.460. The molecule has 1 heterocycles. The molecular formula is C15H15Cl2N3O. The van der Waals surface area contributed by atoms with E-state index in [1.54, 1.807) is 24.4 Å². The molecule has 0 unspecified atom stereocenters. The minimum atomic E-state index is -0.479. The normalized spacial score (nSPS) is 15.5. The van der Waals surface area contributed by atoms with Crippen LogP contribution in [0.4, 0.5) is 5.69 Å². The summed E-state index contributed by atoms with van der Waals surface area (Å²) in [5, 5.41) is 12.6. The van der Waals surface area contributed by atoms with E-state index in [0.29, 0.717) is 15.7 Å². The van der Waals surface area contributed by atoms with Gasteiger partial charge in [-0.15, -0.1) is 0 Å². The van der Waals surface area contributed by atoms with Gasteiger partial charge in [-0.1, -0.05) is 23.2 Å². The molecule has 1 aliphatic rings. The maximum atomic E-state index is 12.2. The molecule has 6 heteroatoms. The molecule has 0 bridgehead atoms. The Morgan fingerprint density at radius 1 is 1.29 bits per heavy atom. The molecule has 110 valence electrons. The highest BCUT2D eigenvalue weighted by molar-refractivity contribution is 6.35. The van der Waals surface area contributed by atoms with Gasteiger partial charge in [-0.3, -0.25) is 4.79 Å². The van der Waals surface area contributed by atoms with Crippen LogP contribution in [-0.2, 0) is 4.79 Å². The SMILES string of the molecule is N#C/C(=C/N1CCCCC1)C(=O)Nc1cc(Cl)ccc1Cl. The molecule has 2 rings (SSSR count). The van der Waals surface area contributed by atoms with Gasteiger partial charge in [0.25, 0.3) is 5.91 Å². The third kappa shape index (κ3) is 4.38. The summed E-state index contributed by atoms with van der Waals surface area (Å²) >= 11 is 11.9. The lowest BCUT2D eigenvalue weighted by Gasteiger charge is -2.25. The van der Waals surface area contributed by atoms with Crippen molar-refractivity contribution in [1.29, 1.82) is 5.26 Å². The number of anilines is 1. The van der Waals surface area contributed by atoms with Crippen molar-refractivity contribution >= 4 is 34.8 Å². The molecule has 4 nitrogen and oxygen atoms in total. The van der Waals surface area contributed by atoms with Crippen LogP contribution in [0.25, 0.3) is 0 Å². The van der Waals surface area contributed by atoms with Gasteiger partial charge in [0, 0.05) is 24.3 Å². The van der Waals surface area contributed by atoms with Gasteiger partial charge in [-0.2, -0.15) is 5.26 Å². The second kappa shape index (κ2) is 7.35. The lowest BCUT2D eigenvalue weighted by Crippen LogP contribution is -2.26. The Bertz CT molecular complexity index is 601. The van der Waals surface area contributed by atoms with E-state index in [-0.39, 0.29) is 5.57 Å².